The van der Waals surface area contributed by atoms with Crippen molar-refractivity contribution >= 4 is 5.82 Å². The van der Waals surface area contributed by atoms with Crippen LogP contribution in [0.5, 0.6) is 5.75 Å². The number of anilines is 1. The fraction of sp³-hybridized carbons (Fsp3) is 0.238. The zero-order chi connectivity index (χ0) is 20.8. The summed E-state index contributed by atoms with van der Waals surface area (Å²) in [6.45, 7) is 4.20. The van der Waals surface area contributed by atoms with Crippen molar-refractivity contribution in [2.75, 3.05) is 5.73 Å². The quantitative estimate of drug-likeness (QED) is 0.513. The number of aromatic nitrogens is 5. The Labute approximate surface area is 171 Å². The van der Waals surface area contributed by atoms with Crippen molar-refractivity contribution in [2.45, 2.75) is 32.9 Å². The smallest absolute Gasteiger partial charge is 0.166 e. The Morgan fingerprint density at radius 2 is 2.17 bits per heavy atom. The average molecular weight is 406 g/mol. The van der Waals surface area contributed by atoms with Gasteiger partial charge in [0, 0.05) is 22.9 Å². The molecular formula is C21H19FN6O2. The highest BCUT2D eigenvalue weighted by Gasteiger charge is 2.24. The summed E-state index contributed by atoms with van der Waals surface area (Å²) in [5, 5.41) is 12.6. The van der Waals surface area contributed by atoms with E-state index in [0.29, 0.717) is 41.4 Å². The molecule has 0 fully saturated rings. The van der Waals surface area contributed by atoms with Crippen molar-refractivity contribution in [3.05, 3.63) is 59.6 Å². The second-order valence-electron chi connectivity index (χ2n) is 7.16. The van der Waals surface area contributed by atoms with Gasteiger partial charge in [-0.25, -0.2) is 9.37 Å². The lowest BCUT2D eigenvalue weighted by Crippen LogP contribution is -2.11. The third-order valence-corrected chi connectivity index (χ3v) is 5.26. The molecule has 0 saturated carbocycles. The lowest BCUT2D eigenvalue weighted by Gasteiger charge is -2.20. The fourth-order valence-electron chi connectivity index (χ4n) is 3.79. The molecule has 1 aliphatic rings. The SMILES string of the molecule is CCc1noc2c1-c1cnc(N)c(c1)O[C@H](C)c1cc(F)ccc1-c1nncn1C2. The van der Waals surface area contributed by atoms with Crippen molar-refractivity contribution in [1.82, 2.24) is 24.9 Å². The number of rotatable bonds is 1. The fourth-order valence-corrected chi connectivity index (χ4v) is 3.79. The molecule has 2 N–H and O–H groups in total. The van der Waals surface area contributed by atoms with Crippen molar-refractivity contribution in [3.63, 3.8) is 0 Å². The Hall–Kier alpha value is -3.75. The molecule has 1 aliphatic heterocycles. The normalized spacial score (nSPS) is 15.2. The summed E-state index contributed by atoms with van der Waals surface area (Å²) in [4.78, 5) is 4.30. The predicted octanol–water partition coefficient (Wildman–Crippen LogP) is 3.78. The van der Waals surface area contributed by atoms with Gasteiger partial charge in [0.2, 0.25) is 0 Å². The molecule has 0 amide bonds. The second kappa shape index (κ2) is 6.94. The van der Waals surface area contributed by atoms with E-state index in [1.165, 1.54) is 12.1 Å². The van der Waals surface area contributed by atoms with Gasteiger partial charge in [-0.05, 0) is 37.6 Å². The third kappa shape index (κ3) is 2.90. The van der Waals surface area contributed by atoms with Crippen molar-refractivity contribution < 1.29 is 13.7 Å². The van der Waals surface area contributed by atoms with Crippen LogP contribution in [0.25, 0.3) is 22.5 Å². The number of ether oxygens (including phenoxy) is 1. The number of aryl methyl sites for hydroxylation is 1. The Balaban J connectivity index is 1.79. The molecule has 8 nitrogen and oxygen atoms in total. The molecule has 152 valence electrons. The average Bonchev–Trinajstić information content (AvgIpc) is 3.36. The number of pyridine rings is 1. The summed E-state index contributed by atoms with van der Waals surface area (Å²) in [5.41, 5.74) is 9.86. The van der Waals surface area contributed by atoms with Crippen LogP contribution in [0, 0.1) is 5.82 Å². The van der Waals surface area contributed by atoms with Gasteiger partial charge in [-0.1, -0.05) is 12.1 Å². The summed E-state index contributed by atoms with van der Waals surface area (Å²) >= 11 is 0. The maximum Gasteiger partial charge on any atom is 0.166 e. The van der Waals surface area contributed by atoms with Crippen LogP contribution in [0.4, 0.5) is 10.2 Å². The molecule has 9 heteroatoms. The molecule has 4 heterocycles. The molecule has 3 aromatic heterocycles. The first-order chi connectivity index (χ1) is 14.5. The number of hydrogen-bond acceptors (Lipinski definition) is 7. The molecule has 0 saturated heterocycles. The van der Waals surface area contributed by atoms with Crippen LogP contribution in [0.3, 0.4) is 0 Å². The van der Waals surface area contributed by atoms with E-state index >= 15 is 0 Å². The number of nitrogens with zero attached hydrogens (tertiary/aromatic N) is 5. The number of nitrogens with two attached hydrogens (primary N) is 1. The molecule has 1 atom stereocenters. The lowest BCUT2D eigenvalue weighted by molar-refractivity contribution is 0.227. The van der Waals surface area contributed by atoms with E-state index in [1.54, 1.807) is 18.6 Å². The van der Waals surface area contributed by atoms with Gasteiger partial charge in [0.15, 0.2) is 23.2 Å². The van der Waals surface area contributed by atoms with Crippen molar-refractivity contribution in [2.24, 2.45) is 0 Å². The lowest BCUT2D eigenvalue weighted by atomic mass is 10.0. The van der Waals surface area contributed by atoms with E-state index in [-0.39, 0.29) is 11.6 Å². The van der Waals surface area contributed by atoms with Crippen LogP contribution in [-0.2, 0) is 13.0 Å². The molecule has 1 aromatic carbocycles. The molecule has 0 aliphatic carbocycles. The Kier molecular flexibility index (Phi) is 4.23. The minimum absolute atomic E-state index is 0.250. The zero-order valence-electron chi connectivity index (χ0n) is 16.5. The minimum Gasteiger partial charge on any atom is -0.482 e. The van der Waals surface area contributed by atoms with Gasteiger partial charge in [0.05, 0.1) is 17.8 Å². The molecule has 0 spiro atoms. The number of fused-ring (bicyclic) bond motifs is 7. The molecule has 0 unspecified atom stereocenters. The van der Waals surface area contributed by atoms with Crippen LogP contribution in [0.15, 0.2) is 41.3 Å². The molecule has 0 radical (unpaired) electrons. The van der Waals surface area contributed by atoms with E-state index < -0.39 is 6.10 Å². The van der Waals surface area contributed by atoms with Gasteiger partial charge in [-0.15, -0.1) is 10.2 Å². The van der Waals surface area contributed by atoms with Crippen LogP contribution in [0.2, 0.25) is 0 Å². The zero-order valence-corrected chi connectivity index (χ0v) is 16.5. The highest BCUT2D eigenvalue weighted by Crippen LogP contribution is 2.37. The molecule has 5 rings (SSSR count). The van der Waals surface area contributed by atoms with Gasteiger partial charge in [-0.3, -0.25) is 0 Å². The highest BCUT2D eigenvalue weighted by atomic mass is 19.1. The van der Waals surface area contributed by atoms with Gasteiger partial charge in [-0.2, -0.15) is 0 Å². The molecular weight excluding hydrogens is 387 g/mol. The molecule has 2 bridgehead atoms. The second-order valence-corrected chi connectivity index (χ2v) is 7.16. The van der Waals surface area contributed by atoms with Crippen LogP contribution in [0.1, 0.15) is 37.0 Å². The summed E-state index contributed by atoms with van der Waals surface area (Å²) < 4.78 is 27.8. The first-order valence-corrected chi connectivity index (χ1v) is 9.62. The van der Waals surface area contributed by atoms with E-state index in [9.17, 15) is 4.39 Å². The van der Waals surface area contributed by atoms with Crippen LogP contribution >= 0.6 is 0 Å². The number of benzene rings is 1. The highest BCUT2D eigenvalue weighted by molar-refractivity contribution is 5.71. The maximum absolute atomic E-state index is 14.1. The van der Waals surface area contributed by atoms with Gasteiger partial charge in [0.25, 0.3) is 0 Å². The Bertz CT molecular complexity index is 1250. The van der Waals surface area contributed by atoms with Gasteiger partial charge in [0.1, 0.15) is 18.2 Å². The maximum atomic E-state index is 14.1. The predicted molar refractivity (Wildman–Crippen MR) is 107 cm³/mol. The summed E-state index contributed by atoms with van der Waals surface area (Å²) in [7, 11) is 0. The summed E-state index contributed by atoms with van der Waals surface area (Å²) in [5.74, 6) is 1.51. The van der Waals surface area contributed by atoms with E-state index in [1.807, 2.05) is 24.5 Å². The van der Waals surface area contributed by atoms with E-state index in [2.05, 4.69) is 20.3 Å². The largest absolute Gasteiger partial charge is 0.482 e. The Morgan fingerprint density at radius 3 is 3.00 bits per heavy atom. The first-order valence-electron chi connectivity index (χ1n) is 9.62. The van der Waals surface area contributed by atoms with Crippen LogP contribution < -0.4 is 10.5 Å². The molecule has 4 aromatic rings. The number of hydrogen-bond donors (Lipinski definition) is 1. The van der Waals surface area contributed by atoms with E-state index in [0.717, 1.165) is 16.8 Å². The monoisotopic (exact) mass is 406 g/mol. The van der Waals surface area contributed by atoms with Crippen molar-refractivity contribution in [1.29, 1.82) is 0 Å². The molecule has 30 heavy (non-hydrogen) atoms. The van der Waals surface area contributed by atoms with Gasteiger partial charge < -0.3 is 19.6 Å². The van der Waals surface area contributed by atoms with Crippen LogP contribution in [-0.4, -0.2) is 24.9 Å². The third-order valence-electron chi connectivity index (χ3n) is 5.26. The summed E-state index contributed by atoms with van der Waals surface area (Å²) in [6, 6.07) is 6.32. The topological polar surface area (TPSA) is 105 Å². The Morgan fingerprint density at radius 1 is 1.30 bits per heavy atom. The van der Waals surface area contributed by atoms with Crippen molar-refractivity contribution in [3.8, 4) is 28.3 Å². The summed E-state index contributed by atoms with van der Waals surface area (Å²) in [6.07, 6.45) is 3.47. The number of halogens is 1. The van der Waals surface area contributed by atoms with Gasteiger partial charge >= 0.3 is 0 Å². The standard InChI is InChI=1S/C21H19FN6O2/c1-3-16-19-12-6-17(20(23)24-8-12)29-11(2)15-7-13(22)4-5-14(15)21-26-25-10-28(21)9-18(19)30-27-16/h4-8,10-11H,3,9H2,1-2H3,(H2,23,24)/t11-/m1/s1. The van der Waals surface area contributed by atoms with E-state index in [4.69, 9.17) is 15.0 Å². The first kappa shape index (κ1) is 18.3. The minimum atomic E-state index is -0.507. The number of nitrogen functional groups attached to an aromatic ring is 1.